The van der Waals surface area contributed by atoms with Gasteiger partial charge in [0.05, 0.1) is 4.91 Å². The van der Waals surface area contributed by atoms with Crippen LogP contribution in [0.25, 0.3) is 0 Å². The van der Waals surface area contributed by atoms with Crippen LogP contribution in [0.5, 0.6) is 0 Å². The van der Waals surface area contributed by atoms with E-state index in [4.69, 9.17) is 0 Å². The lowest BCUT2D eigenvalue weighted by atomic mass is 9.91. The second-order valence-corrected chi connectivity index (χ2v) is 7.12. The molecule has 5 heteroatoms. The smallest absolute Gasteiger partial charge is 0.211 e. The summed E-state index contributed by atoms with van der Waals surface area (Å²) in [6, 6.07) is 16.9. The molecule has 0 saturated carbocycles. The number of benzene rings is 2. The first-order valence-electron chi connectivity index (χ1n) is 8.37. The zero-order chi connectivity index (χ0) is 17.2. The molecule has 0 amide bonds. The molecule has 1 fully saturated rings. The fourth-order valence-corrected chi connectivity index (χ4v) is 4.27. The molecule has 4 nitrogen and oxygen atoms in total. The molecule has 0 radical (unpaired) electrons. The minimum Gasteiger partial charge on any atom is -0.365 e. The quantitative estimate of drug-likeness (QED) is 0.922. The van der Waals surface area contributed by atoms with Gasteiger partial charge < -0.3 is 10.2 Å². The molecule has 0 aromatic heterocycles. The van der Waals surface area contributed by atoms with Crippen LogP contribution in [0.15, 0.2) is 70.1 Å². The van der Waals surface area contributed by atoms with Gasteiger partial charge in [-0.25, -0.2) is 0 Å². The van der Waals surface area contributed by atoms with E-state index in [1.165, 1.54) is 11.8 Å². The molecule has 1 aliphatic carbocycles. The molecule has 2 aliphatic rings. The van der Waals surface area contributed by atoms with Crippen molar-refractivity contribution in [1.82, 2.24) is 10.2 Å². The topological polar surface area (TPSA) is 49.4 Å². The SMILES string of the molecule is O=C1C(Sc2ccccc2)=C(N2CCNCC2)C(=O)c2ccccc21. The van der Waals surface area contributed by atoms with E-state index in [2.05, 4.69) is 10.2 Å². The maximum atomic E-state index is 13.2. The van der Waals surface area contributed by atoms with Crippen molar-refractivity contribution in [2.75, 3.05) is 26.2 Å². The van der Waals surface area contributed by atoms with Gasteiger partial charge in [0.15, 0.2) is 0 Å². The lowest BCUT2D eigenvalue weighted by molar-refractivity contribution is 0.0943. The molecular weight excluding hydrogens is 332 g/mol. The number of hydrogen-bond donors (Lipinski definition) is 1. The van der Waals surface area contributed by atoms with Crippen LogP contribution >= 0.6 is 11.8 Å². The Hall–Kier alpha value is -2.37. The summed E-state index contributed by atoms with van der Waals surface area (Å²) in [7, 11) is 0. The van der Waals surface area contributed by atoms with Crippen molar-refractivity contribution in [2.24, 2.45) is 0 Å². The van der Waals surface area contributed by atoms with E-state index in [-0.39, 0.29) is 11.6 Å². The second kappa shape index (κ2) is 6.86. The molecule has 2 aromatic rings. The van der Waals surface area contributed by atoms with Crippen molar-refractivity contribution in [1.29, 1.82) is 0 Å². The predicted molar refractivity (Wildman–Crippen MR) is 98.9 cm³/mol. The summed E-state index contributed by atoms with van der Waals surface area (Å²) in [5.74, 6) is -0.104. The van der Waals surface area contributed by atoms with Crippen LogP contribution in [0.2, 0.25) is 0 Å². The Morgan fingerprint density at radius 3 is 2.08 bits per heavy atom. The minimum absolute atomic E-state index is 0.0458. The van der Waals surface area contributed by atoms with Crippen molar-refractivity contribution in [3.8, 4) is 0 Å². The summed E-state index contributed by atoms with van der Waals surface area (Å²) in [5.41, 5.74) is 1.57. The Balaban J connectivity index is 1.82. The van der Waals surface area contributed by atoms with Gasteiger partial charge in [-0.2, -0.15) is 0 Å². The highest BCUT2D eigenvalue weighted by atomic mass is 32.2. The molecule has 0 spiro atoms. The molecule has 1 aliphatic heterocycles. The largest absolute Gasteiger partial charge is 0.365 e. The third-order valence-corrected chi connectivity index (χ3v) is 5.54. The Kier molecular flexibility index (Phi) is 4.42. The molecule has 2 aromatic carbocycles. The zero-order valence-electron chi connectivity index (χ0n) is 13.7. The molecule has 0 unspecified atom stereocenters. The van der Waals surface area contributed by atoms with E-state index >= 15 is 0 Å². The number of ketones is 2. The first kappa shape index (κ1) is 16.1. The van der Waals surface area contributed by atoms with Crippen LogP contribution in [-0.4, -0.2) is 42.6 Å². The van der Waals surface area contributed by atoms with Crippen LogP contribution in [0.4, 0.5) is 0 Å². The fourth-order valence-electron chi connectivity index (χ4n) is 3.22. The van der Waals surface area contributed by atoms with Crippen LogP contribution in [0, 0.1) is 0 Å². The maximum Gasteiger partial charge on any atom is 0.211 e. The average molecular weight is 350 g/mol. The number of carbonyl (C=O) groups is 2. The molecule has 1 saturated heterocycles. The van der Waals surface area contributed by atoms with Crippen molar-refractivity contribution in [3.05, 3.63) is 76.3 Å². The number of nitrogens with one attached hydrogen (secondary N) is 1. The van der Waals surface area contributed by atoms with E-state index in [1.807, 2.05) is 42.5 Å². The number of fused-ring (bicyclic) bond motifs is 1. The van der Waals surface area contributed by atoms with Crippen LogP contribution in [0.1, 0.15) is 20.7 Å². The molecule has 126 valence electrons. The maximum absolute atomic E-state index is 13.2. The molecule has 0 atom stereocenters. The number of thioether (sulfide) groups is 1. The Bertz CT molecular complexity index is 855. The van der Waals surface area contributed by atoms with Crippen molar-refractivity contribution < 1.29 is 9.59 Å². The number of piperazine rings is 1. The van der Waals surface area contributed by atoms with Crippen LogP contribution in [0.3, 0.4) is 0 Å². The Morgan fingerprint density at radius 2 is 1.40 bits per heavy atom. The number of rotatable bonds is 3. The van der Waals surface area contributed by atoms with Gasteiger partial charge >= 0.3 is 0 Å². The third-order valence-electron chi connectivity index (χ3n) is 4.45. The summed E-state index contributed by atoms with van der Waals surface area (Å²) in [6.45, 7) is 3.09. The van der Waals surface area contributed by atoms with Crippen molar-refractivity contribution in [2.45, 2.75) is 4.90 Å². The lowest BCUT2D eigenvalue weighted by Crippen LogP contribution is -2.45. The highest BCUT2D eigenvalue weighted by Crippen LogP contribution is 2.38. The summed E-state index contributed by atoms with van der Waals surface area (Å²) in [4.78, 5) is 29.9. The number of allylic oxidation sites excluding steroid dienone is 2. The number of carbonyl (C=O) groups excluding carboxylic acids is 2. The van der Waals surface area contributed by atoms with Crippen LogP contribution in [-0.2, 0) is 0 Å². The molecule has 25 heavy (non-hydrogen) atoms. The monoisotopic (exact) mass is 350 g/mol. The Labute approximate surface area is 150 Å². The minimum atomic E-state index is -0.0578. The van der Waals surface area contributed by atoms with Crippen LogP contribution < -0.4 is 5.32 Å². The van der Waals surface area contributed by atoms with E-state index < -0.39 is 0 Å². The first-order chi connectivity index (χ1) is 12.3. The van der Waals surface area contributed by atoms with Crippen molar-refractivity contribution >= 4 is 23.3 Å². The summed E-state index contributed by atoms with van der Waals surface area (Å²) >= 11 is 1.39. The highest BCUT2D eigenvalue weighted by Gasteiger charge is 2.35. The molecule has 1 heterocycles. The number of nitrogens with zero attached hydrogens (tertiary/aromatic N) is 1. The van der Waals surface area contributed by atoms with Gasteiger partial charge in [-0.05, 0) is 12.1 Å². The zero-order valence-corrected chi connectivity index (χ0v) is 14.5. The molecular formula is C20H18N2O2S. The predicted octanol–water partition coefficient (Wildman–Crippen LogP) is 2.97. The van der Waals surface area contributed by atoms with Crippen molar-refractivity contribution in [3.63, 3.8) is 0 Å². The molecule has 0 bridgehead atoms. The van der Waals surface area contributed by atoms with Gasteiger partial charge in [-0.3, -0.25) is 9.59 Å². The third kappa shape index (κ3) is 3.01. The van der Waals surface area contributed by atoms with Gasteiger partial charge in [0.1, 0.15) is 5.70 Å². The van der Waals surface area contributed by atoms with E-state index in [1.54, 1.807) is 12.1 Å². The van der Waals surface area contributed by atoms with Gasteiger partial charge in [0, 0.05) is 42.2 Å². The molecule has 4 rings (SSSR count). The van der Waals surface area contributed by atoms with Gasteiger partial charge in [0.2, 0.25) is 11.6 Å². The summed E-state index contributed by atoms with van der Waals surface area (Å²) in [5, 5.41) is 3.30. The lowest BCUT2D eigenvalue weighted by Gasteiger charge is -2.34. The standard InChI is InChI=1S/C20H18N2O2S/c23-18-15-8-4-5-9-16(15)19(24)20(25-14-6-2-1-3-7-14)17(18)22-12-10-21-11-13-22/h1-9,21H,10-13H2. The summed E-state index contributed by atoms with van der Waals surface area (Å²) < 4.78 is 0. The highest BCUT2D eigenvalue weighted by molar-refractivity contribution is 8.04. The Morgan fingerprint density at radius 1 is 0.800 bits per heavy atom. The van der Waals surface area contributed by atoms with Gasteiger partial charge in [-0.1, -0.05) is 54.2 Å². The van der Waals surface area contributed by atoms with Gasteiger partial charge in [0.25, 0.3) is 0 Å². The fraction of sp³-hybridized carbons (Fsp3) is 0.200. The first-order valence-corrected chi connectivity index (χ1v) is 9.18. The van der Waals surface area contributed by atoms with Gasteiger partial charge in [-0.15, -0.1) is 0 Å². The molecule has 1 N–H and O–H groups in total. The number of hydrogen-bond acceptors (Lipinski definition) is 5. The van der Waals surface area contributed by atoms with E-state index in [0.717, 1.165) is 31.1 Å². The second-order valence-electron chi connectivity index (χ2n) is 6.03. The van der Waals surface area contributed by atoms with E-state index in [0.29, 0.717) is 21.7 Å². The normalized spacial score (nSPS) is 17.7. The number of Topliss-reactive ketones (excluding diaryl/α,β-unsaturated/α-hetero) is 2. The summed E-state index contributed by atoms with van der Waals surface area (Å²) in [6.07, 6.45) is 0. The average Bonchev–Trinajstić information content (AvgIpc) is 2.68. The van der Waals surface area contributed by atoms with E-state index in [9.17, 15) is 9.59 Å².